The Morgan fingerprint density at radius 2 is 1.78 bits per heavy atom. The van der Waals surface area contributed by atoms with E-state index in [1.807, 2.05) is 32.9 Å². The van der Waals surface area contributed by atoms with Crippen molar-refractivity contribution in [1.82, 2.24) is 5.32 Å². The van der Waals surface area contributed by atoms with Crippen LogP contribution in [0.4, 0.5) is 5.69 Å². The summed E-state index contributed by atoms with van der Waals surface area (Å²) in [5.41, 5.74) is 3.19. The number of carboxylic acids is 1. The van der Waals surface area contributed by atoms with Crippen LogP contribution in [-0.4, -0.2) is 56.6 Å². The summed E-state index contributed by atoms with van der Waals surface area (Å²) in [5, 5.41) is 21.2. The number of carbonyl (C=O) groups is 1. The molecule has 8 heteroatoms. The van der Waals surface area contributed by atoms with E-state index < -0.39 is 22.1 Å². The van der Waals surface area contributed by atoms with Gasteiger partial charge in [-0.3, -0.25) is 9.10 Å². The standard InChI is InChI=1S/C15H24N2O5S/c1-10-5-11(2)15(12(3)6-10)17(23(4,21)22)9-13(18)7-16-8-14(19)20/h5-6,13,16,18H,7-9H2,1-4H3,(H,19,20)/t13-/m1/s1. The number of aliphatic carboxylic acids is 1. The minimum absolute atomic E-state index is 0.0116. The molecule has 1 aromatic rings. The second kappa shape index (κ2) is 7.76. The molecular formula is C15H24N2O5S. The molecule has 3 N–H and O–H groups in total. The number of aliphatic hydroxyl groups excluding tert-OH is 1. The third-order valence-corrected chi connectivity index (χ3v) is 4.45. The molecule has 130 valence electrons. The van der Waals surface area contributed by atoms with Gasteiger partial charge in [0.15, 0.2) is 0 Å². The maximum Gasteiger partial charge on any atom is 0.317 e. The Morgan fingerprint density at radius 1 is 1.26 bits per heavy atom. The number of hydrogen-bond donors (Lipinski definition) is 3. The lowest BCUT2D eigenvalue weighted by Gasteiger charge is -2.28. The Morgan fingerprint density at radius 3 is 2.22 bits per heavy atom. The molecule has 0 aromatic heterocycles. The summed E-state index contributed by atoms with van der Waals surface area (Å²) in [7, 11) is -3.58. The predicted molar refractivity (Wildman–Crippen MR) is 89.4 cm³/mol. The third-order valence-electron chi connectivity index (χ3n) is 3.32. The summed E-state index contributed by atoms with van der Waals surface area (Å²) in [6.07, 6.45) is 0.0625. The summed E-state index contributed by atoms with van der Waals surface area (Å²) in [4.78, 5) is 10.5. The predicted octanol–water partition coefficient (Wildman–Crippen LogP) is 0.413. The summed E-state index contributed by atoms with van der Waals surface area (Å²) in [6, 6.07) is 3.77. The molecule has 0 saturated heterocycles. The lowest BCUT2D eigenvalue weighted by molar-refractivity contribution is -0.136. The molecule has 0 spiro atoms. The van der Waals surface area contributed by atoms with E-state index in [-0.39, 0.29) is 19.6 Å². The maximum atomic E-state index is 12.1. The van der Waals surface area contributed by atoms with E-state index in [0.717, 1.165) is 22.9 Å². The molecule has 7 nitrogen and oxygen atoms in total. The van der Waals surface area contributed by atoms with Gasteiger partial charge in [-0.05, 0) is 31.9 Å². The van der Waals surface area contributed by atoms with Gasteiger partial charge in [-0.25, -0.2) is 8.42 Å². The first-order valence-corrected chi connectivity index (χ1v) is 9.03. The van der Waals surface area contributed by atoms with Gasteiger partial charge in [0.1, 0.15) is 0 Å². The molecule has 23 heavy (non-hydrogen) atoms. The molecule has 0 fully saturated rings. The van der Waals surface area contributed by atoms with E-state index >= 15 is 0 Å². The number of anilines is 1. The van der Waals surface area contributed by atoms with Gasteiger partial charge in [0, 0.05) is 6.54 Å². The van der Waals surface area contributed by atoms with Gasteiger partial charge in [-0.1, -0.05) is 17.7 Å². The largest absolute Gasteiger partial charge is 0.480 e. The normalized spacial score (nSPS) is 12.9. The Kier molecular flexibility index (Phi) is 6.55. The van der Waals surface area contributed by atoms with Crippen molar-refractivity contribution in [2.45, 2.75) is 26.9 Å². The molecule has 1 atom stereocenters. The van der Waals surface area contributed by atoms with Crippen molar-refractivity contribution in [2.75, 3.05) is 30.2 Å². The molecule has 1 rings (SSSR count). The van der Waals surface area contributed by atoms with Crippen LogP contribution >= 0.6 is 0 Å². The summed E-state index contributed by atoms with van der Waals surface area (Å²) < 4.78 is 25.4. The third kappa shape index (κ3) is 5.81. The average molecular weight is 344 g/mol. The number of benzene rings is 1. The molecule has 0 bridgehead atoms. The molecule has 0 aliphatic rings. The van der Waals surface area contributed by atoms with Gasteiger partial charge < -0.3 is 15.5 Å². The molecule has 0 amide bonds. The van der Waals surface area contributed by atoms with Crippen LogP contribution in [0.5, 0.6) is 0 Å². The van der Waals surface area contributed by atoms with E-state index in [4.69, 9.17) is 5.11 Å². The number of hydrogen-bond acceptors (Lipinski definition) is 5. The average Bonchev–Trinajstić information content (AvgIpc) is 2.34. The second-order valence-corrected chi connectivity index (χ2v) is 7.63. The topological polar surface area (TPSA) is 107 Å². The summed E-state index contributed by atoms with van der Waals surface area (Å²) in [6.45, 7) is 5.13. The number of rotatable bonds is 8. The Labute approximate surface area is 137 Å². The second-order valence-electron chi connectivity index (χ2n) is 5.72. The molecule has 1 aromatic carbocycles. The van der Waals surface area contributed by atoms with Gasteiger partial charge in [-0.15, -0.1) is 0 Å². The zero-order chi connectivity index (χ0) is 17.8. The lowest BCUT2D eigenvalue weighted by Crippen LogP contribution is -2.42. The fourth-order valence-corrected chi connectivity index (χ4v) is 3.62. The first-order valence-electron chi connectivity index (χ1n) is 7.18. The molecule has 0 heterocycles. The van der Waals surface area contributed by atoms with Gasteiger partial charge >= 0.3 is 5.97 Å². The van der Waals surface area contributed by atoms with Crippen molar-refractivity contribution in [1.29, 1.82) is 0 Å². The van der Waals surface area contributed by atoms with Crippen molar-refractivity contribution in [3.05, 3.63) is 28.8 Å². The first-order chi connectivity index (χ1) is 10.5. The Hall–Kier alpha value is -1.64. The highest BCUT2D eigenvalue weighted by Crippen LogP contribution is 2.28. The number of sulfonamides is 1. The maximum absolute atomic E-state index is 12.1. The van der Waals surface area contributed by atoms with Crippen molar-refractivity contribution >= 4 is 21.7 Å². The SMILES string of the molecule is Cc1cc(C)c(N(C[C@H](O)CNCC(=O)O)S(C)(=O)=O)c(C)c1. The van der Waals surface area contributed by atoms with Gasteiger partial charge in [-0.2, -0.15) is 0 Å². The zero-order valence-electron chi connectivity index (χ0n) is 13.8. The van der Waals surface area contributed by atoms with Crippen LogP contribution in [0.15, 0.2) is 12.1 Å². The van der Waals surface area contributed by atoms with E-state index in [1.165, 1.54) is 4.31 Å². The van der Waals surface area contributed by atoms with Crippen LogP contribution in [0.25, 0.3) is 0 Å². The highest BCUT2D eigenvalue weighted by atomic mass is 32.2. The van der Waals surface area contributed by atoms with Crippen LogP contribution in [0.2, 0.25) is 0 Å². The van der Waals surface area contributed by atoms with Crippen molar-refractivity contribution in [3.63, 3.8) is 0 Å². The van der Waals surface area contributed by atoms with E-state index in [0.29, 0.717) is 5.69 Å². The Bertz CT molecular complexity index is 649. The number of nitrogens with zero attached hydrogens (tertiary/aromatic N) is 1. The molecule has 0 radical (unpaired) electrons. The highest BCUT2D eigenvalue weighted by molar-refractivity contribution is 7.92. The van der Waals surface area contributed by atoms with Crippen molar-refractivity contribution in [2.24, 2.45) is 0 Å². The number of aryl methyl sites for hydroxylation is 3. The molecule has 0 saturated carbocycles. The Balaban J connectivity index is 3.02. The van der Waals surface area contributed by atoms with Gasteiger partial charge in [0.2, 0.25) is 10.0 Å². The lowest BCUT2D eigenvalue weighted by atomic mass is 10.0. The van der Waals surface area contributed by atoms with E-state index in [2.05, 4.69) is 5.32 Å². The van der Waals surface area contributed by atoms with Crippen LogP contribution < -0.4 is 9.62 Å². The molecule has 0 unspecified atom stereocenters. The van der Waals surface area contributed by atoms with Gasteiger partial charge in [0.25, 0.3) is 0 Å². The number of aliphatic hydroxyl groups is 1. The molecule has 0 aliphatic carbocycles. The monoisotopic (exact) mass is 344 g/mol. The van der Waals surface area contributed by atoms with Gasteiger partial charge in [0.05, 0.1) is 31.1 Å². The van der Waals surface area contributed by atoms with Crippen molar-refractivity contribution in [3.8, 4) is 0 Å². The molecular weight excluding hydrogens is 320 g/mol. The fourth-order valence-electron chi connectivity index (χ4n) is 2.56. The minimum atomic E-state index is -3.58. The van der Waals surface area contributed by atoms with Crippen LogP contribution in [0.3, 0.4) is 0 Å². The highest BCUT2D eigenvalue weighted by Gasteiger charge is 2.24. The van der Waals surface area contributed by atoms with Crippen LogP contribution in [-0.2, 0) is 14.8 Å². The quantitative estimate of drug-likeness (QED) is 0.631. The zero-order valence-corrected chi connectivity index (χ0v) is 14.6. The van der Waals surface area contributed by atoms with Crippen molar-refractivity contribution < 1.29 is 23.4 Å². The molecule has 0 aliphatic heterocycles. The minimum Gasteiger partial charge on any atom is -0.480 e. The first kappa shape index (κ1) is 19.4. The smallest absolute Gasteiger partial charge is 0.317 e. The number of carboxylic acid groups (broad SMARTS) is 1. The van der Waals surface area contributed by atoms with E-state index in [9.17, 15) is 18.3 Å². The van der Waals surface area contributed by atoms with Crippen LogP contribution in [0.1, 0.15) is 16.7 Å². The van der Waals surface area contributed by atoms with Crippen LogP contribution in [0, 0.1) is 20.8 Å². The summed E-state index contributed by atoms with van der Waals surface area (Å²) >= 11 is 0. The fraction of sp³-hybridized carbons (Fsp3) is 0.533. The summed E-state index contributed by atoms with van der Waals surface area (Å²) in [5.74, 6) is -1.04. The number of nitrogens with one attached hydrogen (secondary N) is 1. The van der Waals surface area contributed by atoms with E-state index in [1.54, 1.807) is 0 Å².